The number of ether oxygens (including phenoxy) is 2. The maximum Gasteiger partial charge on any atom is 0.331 e. The van der Waals surface area contributed by atoms with Crippen LogP contribution in [-0.4, -0.2) is 49.7 Å². The summed E-state index contributed by atoms with van der Waals surface area (Å²) in [6.07, 6.45) is 7.86. The molecule has 1 heterocycles. The number of morpholine rings is 1. The molecule has 0 bridgehead atoms. The Balaban J connectivity index is 1.92. The zero-order chi connectivity index (χ0) is 14.4. The second-order valence-electron chi connectivity index (χ2n) is 5.76. The Labute approximate surface area is 120 Å². The fourth-order valence-corrected chi connectivity index (χ4v) is 3.17. The Morgan fingerprint density at radius 2 is 1.90 bits per heavy atom. The number of carbonyl (C=O) groups is 2. The minimum atomic E-state index is -0.563. The predicted molar refractivity (Wildman–Crippen MR) is 74.1 cm³/mol. The van der Waals surface area contributed by atoms with E-state index >= 15 is 0 Å². The number of hydrogen-bond donors (Lipinski definition) is 0. The molecule has 1 amide bonds. The first-order valence-corrected chi connectivity index (χ1v) is 7.67. The first-order valence-electron chi connectivity index (χ1n) is 7.67. The van der Waals surface area contributed by atoms with Crippen LogP contribution in [0.15, 0.2) is 0 Å². The molecule has 2 aliphatic rings. The quantitative estimate of drug-likeness (QED) is 0.585. The number of nitrogens with zero attached hydrogens (tertiary/aromatic N) is 1. The summed E-state index contributed by atoms with van der Waals surface area (Å²) < 4.78 is 10.1. The van der Waals surface area contributed by atoms with Crippen LogP contribution in [0.5, 0.6) is 0 Å². The van der Waals surface area contributed by atoms with Crippen LogP contribution in [0.4, 0.5) is 0 Å². The van der Waals surface area contributed by atoms with Gasteiger partial charge in [0.25, 0.3) is 0 Å². The largest absolute Gasteiger partial charge is 0.467 e. The van der Waals surface area contributed by atoms with Crippen molar-refractivity contribution in [3.8, 4) is 0 Å². The molecule has 1 atom stereocenters. The monoisotopic (exact) mass is 283 g/mol. The van der Waals surface area contributed by atoms with Crippen LogP contribution in [-0.2, 0) is 19.1 Å². The Kier molecular flexibility index (Phi) is 5.83. The average molecular weight is 283 g/mol. The number of carbonyl (C=O) groups excluding carboxylic acids is 2. The highest BCUT2D eigenvalue weighted by Crippen LogP contribution is 2.26. The van der Waals surface area contributed by atoms with Crippen LogP contribution in [0.3, 0.4) is 0 Å². The van der Waals surface area contributed by atoms with Crippen molar-refractivity contribution in [2.75, 3.05) is 26.9 Å². The summed E-state index contributed by atoms with van der Waals surface area (Å²) >= 11 is 0. The number of hydrogen-bond acceptors (Lipinski definition) is 4. The van der Waals surface area contributed by atoms with E-state index in [0.717, 1.165) is 12.8 Å². The first-order chi connectivity index (χ1) is 9.72. The molecule has 0 spiro atoms. The summed E-state index contributed by atoms with van der Waals surface area (Å²) in [5.41, 5.74) is 0. The van der Waals surface area contributed by atoms with E-state index in [0.29, 0.717) is 25.5 Å². The van der Waals surface area contributed by atoms with Crippen molar-refractivity contribution in [2.24, 2.45) is 5.92 Å². The van der Waals surface area contributed by atoms with Gasteiger partial charge in [-0.05, 0) is 18.8 Å². The molecular weight excluding hydrogens is 258 g/mol. The van der Waals surface area contributed by atoms with Gasteiger partial charge in [-0.25, -0.2) is 4.79 Å². The number of amides is 1. The molecule has 1 aliphatic carbocycles. The van der Waals surface area contributed by atoms with Gasteiger partial charge in [-0.2, -0.15) is 0 Å². The van der Waals surface area contributed by atoms with E-state index in [1.54, 1.807) is 4.90 Å². The maximum atomic E-state index is 12.5. The standard InChI is InChI=1S/C15H25NO4/c1-19-15(18)13-11-20-9-8-16(13)14(17)10-12-6-4-2-3-5-7-12/h12-13H,2-11H2,1H3. The maximum absolute atomic E-state index is 12.5. The summed E-state index contributed by atoms with van der Waals surface area (Å²) in [5, 5.41) is 0. The fraction of sp³-hybridized carbons (Fsp3) is 0.867. The van der Waals surface area contributed by atoms with Crippen LogP contribution in [0.2, 0.25) is 0 Å². The lowest BCUT2D eigenvalue weighted by molar-refractivity contribution is -0.161. The molecule has 0 aromatic heterocycles. The lowest BCUT2D eigenvalue weighted by atomic mass is 9.95. The zero-order valence-electron chi connectivity index (χ0n) is 12.3. The van der Waals surface area contributed by atoms with Gasteiger partial charge in [0.2, 0.25) is 5.91 Å². The molecule has 0 aromatic carbocycles. The van der Waals surface area contributed by atoms with Crippen LogP contribution >= 0.6 is 0 Å². The second-order valence-corrected chi connectivity index (χ2v) is 5.76. The highest BCUT2D eigenvalue weighted by Gasteiger charge is 2.34. The lowest BCUT2D eigenvalue weighted by Gasteiger charge is -2.34. The lowest BCUT2D eigenvalue weighted by Crippen LogP contribution is -2.53. The van der Waals surface area contributed by atoms with E-state index in [4.69, 9.17) is 9.47 Å². The van der Waals surface area contributed by atoms with Crippen LogP contribution in [0, 0.1) is 5.92 Å². The van der Waals surface area contributed by atoms with E-state index < -0.39 is 6.04 Å². The molecule has 114 valence electrons. The molecule has 5 heteroatoms. The van der Waals surface area contributed by atoms with Crippen LogP contribution in [0.25, 0.3) is 0 Å². The van der Waals surface area contributed by atoms with Crippen molar-refractivity contribution in [3.63, 3.8) is 0 Å². The van der Waals surface area contributed by atoms with Gasteiger partial charge in [-0.3, -0.25) is 4.79 Å². The number of esters is 1. The highest BCUT2D eigenvalue weighted by atomic mass is 16.5. The van der Waals surface area contributed by atoms with Gasteiger partial charge in [0.05, 0.1) is 20.3 Å². The Morgan fingerprint density at radius 3 is 2.55 bits per heavy atom. The Bertz CT molecular complexity index is 337. The SMILES string of the molecule is COC(=O)C1COCCN1C(=O)CC1CCCCCC1. The van der Waals surface area contributed by atoms with Crippen molar-refractivity contribution in [1.82, 2.24) is 4.90 Å². The van der Waals surface area contributed by atoms with Crippen molar-refractivity contribution >= 4 is 11.9 Å². The molecule has 2 fully saturated rings. The van der Waals surface area contributed by atoms with Crippen molar-refractivity contribution in [3.05, 3.63) is 0 Å². The average Bonchev–Trinajstić information content (AvgIpc) is 2.75. The molecule has 20 heavy (non-hydrogen) atoms. The molecule has 2 rings (SSSR count). The molecule has 0 aromatic rings. The zero-order valence-corrected chi connectivity index (χ0v) is 12.3. The second kappa shape index (κ2) is 7.62. The summed E-state index contributed by atoms with van der Waals surface area (Å²) in [5.74, 6) is 0.181. The molecule has 0 N–H and O–H groups in total. The Morgan fingerprint density at radius 1 is 1.20 bits per heavy atom. The minimum absolute atomic E-state index is 0.0793. The number of rotatable bonds is 3. The molecule has 1 saturated carbocycles. The van der Waals surface area contributed by atoms with Gasteiger partial charge >= 0.3 is 5.97 Å². The van der Waals surface area contributed by atoms with Crippen molar-refractivity contribution < 1.29 is 19.1 Å². The predicted octanol–water partition coefficient (Wildman–Crippen LogP) is 1.75. The fourth-order valence-electron chi connectivity index (χ4n) is 3.17. The topological polar surface area (TPSA) is 55.8 Å². The van der Waals surface area contributed by atoms with E-state index in [2.05, 4.69) is 0 Å². The molecule has 5 nitrogen and oxygen atoms in total. The van der Waals surface area contributed by atoms with Gasteiger partial charge in [-0.1, -0.05) is 25.7 Å². The summed E-state index contributed by atoms with van der Waals surface area (Å²) in [7, 11) is 1.35. The first kappa shape index (κ1) is 15.3. The van der Waals surface area contributed by atoms with Gasteiger partial charge in [0, 0.05) is 13.0 Å². The van der Waals surface area contributed by atoms with Gasteiger partial charge in [0.15, 0.2) is 6.04 Å². The third kappa shape index (κ3) is 3.95. The van der Waals surface area contributed by atoms with Crippen LogP contribution in [0.1, 0.15) is 44.9 Å². The van der Waals surface area contributed by atoms with Crippen molar-refractivity contribution in [2.45, 2.75) is 51.0 Å². The minimum Gasteiger partial charge on any atom is -0.467 e. The summed E-state index contributed by atoms with van der Waals surface area (Å²) in [6.45, 7) is 1.25. The van der Waals surface area contributed by atoms with E-state index in [1.807, 2.05) is 0 Å². The molecule has 0 radical (unpaired) electrons. The van der Waals surface area contributed by atoms with Crippen molar-refractivity contribution in [1.29, 1.82) is 0 Å². The van der Waals surface area contributed by atoms with E-state index in [1.165, 1.54) is 32.8 Å². The van der Waals surface area contributed by atoms with Gasteiger partial charge in [0.1, 0.15) is 0 Å². The molecular formula is C15H25NO4. The van der Waals surface area contributed by atoms with E-state index in [9.17, 15) is 9.59 Å². The van der Waals surface area contributed by atoms with Gasteiger partial charge in [-0.15, -0.1) is 0 Å². The normalized spacial score (nSPS) is 25.1. The summed E-state index contributed by atoms with van der Waals surface area (Å²) in [4.78, 5) is 25.9. The van der Waals surface area contributed by atoms with Gasteiger partial charge < -0.3 is 14.4 Å². The summed E-state index contributed by atoms with van der Waals surface area (Å²) in [6, 6.07) is -0.563. The number of methoxy groups -OCH3 is 1. The smallest absolute Gasteiger partial charge is 0.331 e. The third-order valence-electron chi connectivity index (χ3n) is 4.36. The van der Waals surface area contributed by atoms with E-state index in [-0.39, 0.29) is 18.5 Å². The van der Waals surface area contributed by atoms with Crippen LogP contribution < -0.4 is 0 Å². The Hall–Kier alpha value is -1.10. The molecule has 1 unspecified atom stereocenters. The molecule has 1 aliphatic heterocycles. The highest BCUT2D eigenvalue weighted by molar-refractivity contribution is 5.85. The third-order valence-corrected chi connectivity index (χ3v) is 4.36. The molecule has 1 saturated heterocycles.